The summed E-state index contributed by atoms with van der Waals surface area (Å²) in [6.07, 6.45) is 0.0384. The van der Waals surface area contributed by atoms with Gasteiger partial charge in [-0.1, -0.05) is 19.1 Å². The average molecular weight is 233 g/mol. The molecule has 2 rings (SSSR count). The Morgan fingerprint density at radius 2 is 2.18 bits per heavy atom. The molecule has 0 spiro atoms. The van der Waals surface area contributed by atoms with Crippen LogP contribution < -0.4 is 10.5 Å². The Morgan fingerprint density at radius 1 is 1.47 bits per heavy atom. The van der Waals surface area contributed by atoms with Crippen molar-refractivity contribution in [2.75, 3.05) is 0 Å². The predicted molar refractivity (Wildman–Crippen MR) is 64.9 cm³/mol. The lowest BCUT2D eigenvalue weighted by molar-refractivity contribution is -0.123. The zero-order chi connectivity index (χ0) is 12.4. The molecule has 1 heterocycles. The number of para-hydroxylation sites is 1. The third-order valence-corrected chi connectivity index (χ3v) is 2.63. The van der Waals surface area contributed by atoms with Crippen LogP contribution in [0.2, 0.25) is 0 Å². The number of carbonyl (C=O) groups is 1. The van der Waals surface area contributed by atoms with E-state index >= 15 is 0 Å². The molecule has 2 N–H and O–H groups in total. The molecule has 4 nitrogen and oxygen atoms in total. The lowest BCUT2D eigenvalue weighted by atomic mass is 10.2. The molecule has 1 aromatic carbocycles. The standard InChI is InChI=1S/C13H15NO3/c1-3-10-12(16-8(2)13(14)15)9-6-4-5-7-11(9)17-10/h4-8H,3H2,1-2H3,(H2,14,15). The number of nitrogens with two attached hydrogens (primary N) is 1. The maximum Gasteiger partial charge on any atom is 0.258 e. The molecule has 1 atom stereocenters. The molecule has 0 radical (unpaired) electrons. The summed E-state index contributed by atoms with van der Waals surface area (Å²) in [5.74, 6) is 0.867. The molecule has 90 valence electrons. The van der Waals surface area contributed by atoms with Gasteiger partial charge < -0.3 is 14.9 Å². The van der Waals surface area contributed by atoms with Crippen LogP contribution in [0, 0.1) is 0 Å². The average Bonchev–Trinajstić information content (AvgIpc) is 2.67. The summed E-state index contributed by atoms with van der Waals surface area (Å²) in [7, 11) is 0. The first-order valence-corrected chi connectivity index (χ1v) is 5.59. The molecule has 0 saturated heterocycles. The van der Waals surface area contributed by atoms with Gasteiger partial charge in [0.15, 0.2) is 11.9 Å². The Morgan fingerprint density at radius 3 is 2.82 bits per heavy atom. The summed E-state index contributed by atoms with van der Waals surface area (Å²) in [6.45, 7) is 3.60. The van der Waals surface area contributed by atoms with Gasteiger partial charge in [-0.05, 0) is 19.1 Å². The van der Waals surface area contributed by atoms with E-state index < -0.39 is 12.0 Å². The van der Waals surface area contributed by atoms with Gasteiger partial charge in [-0.3, -0.25) is 4.79 Å². The van der Waals surface area contributed by atoms with E-state index in [1.54, 1.807) is 6.92 Å². The van der Waals surface area contributed by atoms with Gasteiger partial charge in [0, 0.05) is 6.42 Å². The Labute approximate surface area is 99.3 Å². The van der Waals surface area contributed by atoms with Crippen molar-refractivity contribution >= 4 is 16.9 Å². The van der Waals surface area contributed by atoms with Crippen LogP contribution in [-0.4, -0.2) is 12.0 Å². The molecule has 1 unspecified atom stereocenters. The van der Waals surface area contributed by atoms with Crippen molar-refractivity contribution < 1.29 is 13.9 Å². The number of carbonyl (C=O) groups excluding carboxylic acids is 1. The van der Waals surface area contributed by atoms with Gasteiger partial charge in [0.1, 0.15) is 11.3 Å². The van der Waals surface area contributed by atoms with Crippen LogP contribution in [0.5, 0.6) is 5.75 Å². The number of fused-ring (bicyclic) bond motifs is 1. The van der Waals surface area contributed by atoms with E-state index in [-0.39, 0.29) is 0 Å². The van der Waals surface area contributed by atoms with Gasteiger partial charge in [-0.2, -0.15) is 0 Å². The van der Waals surface area contributed by atoms with Gasteiger partial charge in [0.25, 0.3) is 5.91 Å². The number of hydrogen-bond donors (Lipinski definition) is 1. The minimum Gasteiger partial charge on any atom is -0.477 e. The normalized spacial score (nSPS) is 12.6. The summed E-state index contributed by atoms with van der Waals surface area (Å²) in [4.78, 5) is 11.0. The summed E-state index contributed by atoms with van der Waals surface area (Å²) >= 11 is 0. The topological polar surface area (TPSA) is 65.5 Å². The van der Waals surface area contributed by atoms with Crippen LogP contribution in [0.4, 0.5) is 0 Å². The van der Waals surface area contributed by atoms with Crippen molar-refractivity contribution in [1.82, 2.24) is 0 Å². The van der Waals surface area contributed by atoms with E-state index in [9.17, 15) is 4.79 Å². The number of primary amides is 1. The van der Waals surface area contributed by atoms with Gasteiger partial charge in [0.05, 0.1) is 5.39 Å². The molecule has 0 aliphatic rings. The molecule has 17 heavy (non-hydrogen) atoms. The lowest BCUT2D eigenvalue weighted by Gasteiger charge is -2.10. The molecule has 2 aromatic rings. The van der Waals surface area contributed by atoms with Gasteiger partial charge in [-0.25, -0.2) is 0 Å². The number of benzene rings is 1. The highest BCUT2D eigenvalue weighted by atomic mass is 16.5. The fourth-order valence-electron chi connectivity index (χ4n) is 1.67. The first-order chi connectivity index (χ1) is 8.13. The smallest absolute Gasteiger partial charge is 0.258 e. The van der Waals surface area contributed by atoms with Crippen molar-refractivity contribution in [3.63, 3.8) is 0 Å². The molecule has 0 saturated carbocycles. The van der Waals surface area contributed by atoms with Gasteiger partial charge >= 0.3 is 0 Å². The second kappa shape index (κ2) is 4.49. The van der Waals surface area contributed by atoms with Crippen molar-refractivity contribution in [2.45, 2.75) is 26.4 Å². The maximum atomic E-state index is 11.0. The highest BCUT2D eigenvalue weighted by Crippen LogP contribution is 2.33. The zero-order valence-corrected chi connectivity index (χ0v) is 9.90. The number of rotatable bonds is 4. The molecular weight excluding hydrogens is 218 g/mol. The molecule has 1 amide bonds. The van der Waals surface area contributed by atoms with E-state index in [4.69, 9.17) is 14.9 Å². The van der Waals surface area contributed by atoms with E-state index in [0.29, 0.717) is 12.2 Å². The van der Waals surface area contributed by atoms with Crippen LogP contribution in [-0.2, 0) is 11.2 Å². The van der Waals surface area contributed by atoms with Gasteiger partial charge in [0.2, 0.25) is 0 Å². The Bertz CT molecular complexity index is 545. The molecule has 0 bridgehead atoms. The van der Waals surface area contributed by atoms with E-state index in [1.807, 2.05) is 31.2 Å². The number of amides is 1. The largest absolute Gasteiger partial charge is 0.477 e. The van der Waals surface area contributed by atoms with Crippen LogP contribution in [0.3, 0.4) is 0 Å². The first kappa shape index (κ1) is 11.5. The van der Waals surface area contributed by atoms with Crippen molar-refractivity contribution in [3.05, 3.63) is 30.0 Å². The van der Waals surface area contributed by atoms with Crippen LogP contribution in [0.15, 0.2) is 28.7 Å². The van der Waals surface area contributed by atoms with Crippen LogP contribution in [0.25, 0.3) is 11.0 Å². The zero-order valence-electron chi connectivity index (χ0n) is 9.90. The Kier molecular flexibility index (Phi) is 3.04. The van der Waals surface area contributed by atoms with Gasteiger partial charge in [-0.15, -0.1) is 0 Å². The fourth-order valence-corrected chi connectivity index (χ4v) is 1.67. The number of furan rings is 1. The number of aryl methyl sites for hydroxylation is 1. The molecule has 0 aliphatic carbocycles. The van der Waals surface area contributed by atoms with E-state index in [2.05, 4.69) is 0 Å². The monoisotopic (exact) mass is 233 g/mol. The van der Waals surface area contributed by atoms with Crippen molar-refractivity contribution in [1.29, 1.82) is 0 Å². The molecule has 4 heteroatoms. The fraction of sp³-hybridized carbons (Fsp3) is 0.308. The quantitative estimate of drug-likeness (QED) is 0.880. The van der Waals surface area contributed by atoms with Crippen molar-refractivity contribution in [3.8, 4) is 5.75 Å². The van der Waals surface area contributed by atoms with E-state index in [1.165, 1.54) is 0 Å². The van der Waals surface area contributed by atoms with Crippen LogP contribution >= 0.6 is 0 Å². The Balaban J connectivity index is 2.46. The third-order valence-electron chi connectivity index (χ3n) is 2.63. The molecule has 1 aromatic heterocycles. The number of hydrogen-bond acceptors (Lipinski definition) is 3. The molecule has 0 fully saturated rings. The predicted octanol–water partition coefficient (Wildman–Crippen LogP) is 2.25. The lowest BCUT2D eigenvalue weighted by Crippen LogP contribution is -2.30. The number of ether oxygens (including phenoxy) is 1. The Hall–Kier alpha value is -1.97. The second-order valence-corrected chi connectivity index (χ2v) is 3.87. The highest BCUT2D eigenvalue weighted by molar-refractivity contribution is 5.86. The summed E-state index contributed by atoms with van der Waals surface area (Å²) in [5.41, 5.74) is 5.95. The minimum atomic E-state index is -0.665. The van der Waals surface area contributed by atoms with Crippen molar-refractivity contribution in [2.24, 2.45) is 5.73 Å². The minimum absolute atomic E-state index is 0.489. The molecule has 0 aliphatic heterocycles. The third kappa shape index (κ3) is 2.11. The SMILES string of the molecule is CCc1oc2ccccc2c1OC(C)C(N)=O. The highest BCUT2D eigenvalue weighted by Gasteiger charge is 2.18. The second-order valence-electron chi connectivity index (χ2n) is 3.87. The first-order valence-electron chi connectivity index (χ1n) is 5.59. The molecular formula is C13H15NO3. The maximum absolute atomic E-state index is 11.0. The summed E-state index contributed by atoms with van der Waals surface area (Å²) in [5, 5.41) is 0.873. The summed E-state index contributed by atoms with van der Waals surface area (Å²) < 4.78 is 11.2. The van der Waals surface area contributed by atoms with Crippen LogP contribution in [0.1, 0.15) is 19.6 Å². The van der Waals surface area contributed by atoms with E-state index in [0.717, 1.165) is 16.7 Å². The summed E-state index contributed by atoms with van der Waals surface area (Å²) in [6, 6.07) is 7.57.